The average Bonchev–Trinajstić information content (AvgIpc) is 2.92. The molecule has 0 aromatic heterocycles. The predicted octanol–water partition coefficient (Wildman–Crippen LogP) is 7.71. The standard InChI is InChI=1S/C33H30N2/c1-35(24-32-30-19-10-8-13-26(30)23-27-14-9-11-20-31(27)32)22-12-21-33(25-34,28-15-4-2-5-16-28)29-17-6-3-7-18-29/h2-11,13-20,23H,12,21-22,24H2,1H3. The van der Waals surface area contributed by atoms with Crippen molar-refractivity contribution in [3.8, 4) is 6.07 Å². The minimum absolute atomic E-state index is 0.643. The second kappa shape index (κ2) is 10.1. The number of nitriles is 1. The Bertz CT molecular complexity index is 1370. The number of hydrogen-bond donors (Lipinski definition) is 0. The molecule has 5 aromatic carbocycles. The number of hydrogen-bond acceptors (Lipinski definition) is 2. The molecule has 5 aromatic rings. The lowest BCUT2D eigenvalue weighted by Gasteiger charge is -2.29. The third-order valence-electron chi connectivity index (χ3n) is 7.13. The van der Waals surface area contributed by atoms with Crippen LogP contribution in [0.25, 0.3) is 21.5 Å². The van der Waals surface area contributed by atoms with E-state index < -0.39 is 5.41 Å². The highest BCUT2D eigenvalue weighted by atomic mass is 15.1. The first-order chi connectivity index (χ1) is 17.2. The van der Waals surface area contributed by atoms with Crippen molar-refractivity contribution in [1.29, 1.82) is 5.26 Å². The van der Waals surface area contributed by atoms with Crippen molar-refractivity contribution < 1.29 is 0 Å². The van der Waals surface area contributed by atoms with Gasteiger partial charge >= 0.3 is 0 Å². The van der Waals surface area contributed by atoms with E-state index in [0.717, 1.165) is 37.1 Å². The molecule has 0 spiro atoms. The maximum Gasteiger partial charge on any atom is 0.107 e. The summed E-state index contributed by atoms with van der Waals surface area (Å²) in [5.41, 5.74) is 2.86. The Labute approximate surface area is 208 Å². The molecule has 0 heterocycles. The first kappa shape index (κ1) is 22.8. The van der Waals surface area contributed by atoms with Gasteiger partial charge < -0.3 is 4.90 Å². The average molecular weight is 455 g/mol. The zero-order valence-corrected chi connectivity index (χ0v) is 20.2. The maximum atomic E-state index is 10.5. The summed E-state index contributed by atoms with van der Waals surface area (Å²) in [7, 11) is 2.19. The fourth-order valence-corrected chi connectivity index (χ4v) is 5.33. The molecule has 2 nitrogen and oxygen atoms in total. The minimum atomic E-state index is -0.643. The van der Waals surface area contributed by atoms with E-state index in [2.05, 4.69) is 96.9 Å². The summed E-state index contributed by atoms with van der Waals surface area (Å²) in [6.45, 7) is 1.79. The maximum absolute atomic E-state index is 10.5. The number of benzene rings is 5. The van der Waals surface area contributed by atoms with Crippen LogP contribution in [0.4, 0.5) is 0 Å². The van der Waals surface area contributed by atoms with Crippen LogP contribution in [0.15, 0.2) is 115 Å². The van der Waals surface area contributed by atoms with Crippen LogP contribution in [0.5, 0.6) is 0 Å². The monoisotopic (exact) mass is 454 g/mol. The third-order valence-corrected chi connectivity index (χ3v) is 7.13. The largest absolute Gasteiger partial charge is 0.302 e. The molecule has 0 fully saturated rings. The highest BCUT2D eigenvalue weighted by molar-refractivity contribution is 6.02. The Kier molecular flexibility index (Phi) is 6.62. The van der Waals surface area contributed by atoms with Gasteiger partial charge in [0.1, 0.15) is 5.41 Å². The van der Waals surface area contributed by atoms with Crippen molar-refractivity contribution in [2.24, 2.45) is 0 Å². The van der Waals surface area contributed by atoms with E-state index in [-0.39, 0.29) is 0 Å². The molecular formula is C33H30N2. The molecule has 5 rings (SSSR count). The fraction of sp³-hybridized carbons (Fsp3) is 0.182. The predicted molar refractivity (Wildman–Crippen MR) is 146 cm³/mol. The topological polar surface area (TPSA) is 27.0 Å². The summed E-state index contributed by atoms with van der Waals surface area (Å²) in [5.74, 6) is 0. The SMILES string of the molecule is CN(CCCC(C#N)(c1ccccc1)c1ccccc1)Cc1c2ccccc2cc2ccccc12. The molecule has 0 aliphatic rings. The highest BCUT2D eigenvalue weighted by Gasteiger charge is 2.33. The Balaban J connectivity index is 1.39. The molecule has 2 heteroatoms. The summed E-state index contributed by atoms with van der Waals surface area (Å²) in [4.78, 5) is 2.40. The van der Waals surface area contributed by atoms with Gasteiger partial charge in [-0.15, -0.1) is 0 Å². The Morgan fingerprint density at radius 3 is 1.69 bits per heavy atom. The third kappa shape index (κ3) is 4.56. The van der Waals surface area contributed by atoms with Crippen LogP contribution in [0.2, 0.25) is 0 Å². The molecule has 0 aliphatic carbocycles. The Hall–Kier alpha value is -3.93. The smallest absolute Gasteiger partial charge is 0.107 e. The normalized spacial score (nSPS) is 11.7. The van der Waals surface area contributed by atoms with Crippen LogP contribution in [-0.4, -0.2) is 18.5 Å². The lowest BCUT2D eigenvalue weighted by Crippen LogP contribution is -2.28. The quantitative estimate of drug-likeness (QED) is 0.224. The summed E-state index contributed by atoms with van der Waals surface area (Å²) in [5, 5.41) is 15.7. The van der Waals surface area contributed by atoms with Crippen molar-refractivity contribution in [2.45, 2.75) is 24.8 Å². The van der Waals surface area contributed by atoms with Gasteiger partial charge in [0.2, 0.25) is 0 Å². The Morgan fingerprint density at radius 2 is 1.17 bits per heavy atom. The van der Waals surface area contributed by atoms with E-state index in [0.29, 0.717) is 0 Å². The molecular weight excluding hydrogens is 424 g/mol. The lowest BCUT2D eigenvalue weighted by atomic mass is 9.72. The van der Waals surface area contributed by atoms with Crippen LogP contribution >= 0.6 is 0 Å². The van der Waals surface area contributed by atoms with Gasteiger partial charge in [-0.05, 0) is 70.7 Å². The summed E-state index contributed by atoms with van der Waals surface area (Å²) in [6, 6.07) is 42.8. The summed E-state index contributed by atoms with van der Waals surface area (Å²) in [6.07, 6.45) is 1.70. The second-order valence-electron chi connectivity index (χ2n) is 9.39. The van der Waals surface area contributed by atoms with E-state index in [4.69, 9.17) is 0 Å². The van der Waals surface area contributed by atoms with Gasteiger partial charge in [0.15, 0.2) is 0 Å². The van der Waals surface area contributed by atoms with Crippen LogP contribution < -0.4 is 0 Å². The van der Waals surface area contributed by atoms with Gasteiger partial charge in [-0.3, -0.25) is 0 Å². The van der Waals surface area contributed by atoms with E-state index in [1.807, 2.05) is 36.4 Å². The molecule has 0 amide bonds. The number of rotatable bonds is 8. The Morgan fingerprint density at radius 1 is 0.686 bits per heavy atom. The van der Waals surface area contributed by atoms with Crippen molar-refractivity contribution in [1.82, 2.24) is 4.90 Å². The van der Waals surface area contributed by atoms with E-state index >= 15 is 0 Å². The first-order valence-electron chi connectivity index (χ1n) is 12.3. The number of nitrogens with zero attached hydrogens (tertiary/aromatic N) is 2. The molecule has 35 heavy (non-hydrogen) atoms. The molecule has 0 radical (unpaired) electrons. The van der Waals surface area contributed by atoms with E-state index in [9.17, 15) is 5.26 Å². The van der Waals surface area contributed by atoms with Gasteiger partial charge in [0.25, 0.3) is 0 Å². The minimum Gasteiger partial charge on any atom is -0.302 e. The van der Waals surface area contributed by atoms with Crippen LogP contribution in [0.3, 0.4) is 0 Å². The molecule has 0 aliphatic heterocycles. The van der Waals surface area contributed by atoms with Crippen LogP contribution in [0.1, 0.15) is 29.5 Å². The highest BCUT2D eigenvalue weighted by Crippen LogP contribution is 2.36. The molecule has 0 saturated carbocycles. The fourth-order valence-electron chi connectivity index (χ4n) is 5.33. The molecule has 172 valence electrons. The van der Waals surface area contributed by atoms with Gasteiger partial charge in [0, 0.05) is 6.54 Å². The lowest BCUT2D eigenvalue weighted by molar-refractivity contribution is 0.313. The summed E-state index contributed by atoms with van der Waals surface area (Å²) < 4.78 is 0. The molecule has 0 bridgehead atoms. The van der Waals surface area contributed by atoms with Gasteiger partial charge in [0.05, 0.1) is 6.07 Å². The van der Waals surface area contributed by atoms with Crippen molar-refractivity contribution in [3.05, 3.63) is 132 Å². The summed E-state index contributed by atoms with van der Waals surface area (Å²) >= 11 is 0. The van der Waals surface area contributed by atoms with Crippen molar-refractivity contribution in [2.75, 3.05) is 13.6 Å². The zero-order valence-electron chi connectivity index (χ0n) is 20.2. The first-order valence-corrected chi connectivity index (χ1v) is 12.3. The molecule has 0 saturated heterocycles. The van der Waals surface area contributed by atoms with Crippen molar-refractivity contribution >= 4 is 21.5 Å². The van der Waals surface area contributed by atoms with Crippen LogP contribution in [-0.2, 0) is 12.0 Å². The van der Waals surface area contributed by atoms with Gasteiger partial charge in [-0.2, -0.15) is 5.26 Å². The number of fused-ring (bicyclic) bond motifs is 2. The molecule has 0 unspecified atom stereocenters. The van der Waals surface area contributed by atoms with Gasteiger partial charge in [-0.25, -0.2) is 0 Å². The molecule has 0 atom stereocenters. The van der Waals surface area contributed by atoms with E-state index in [1.54, 1.807) is 0 Å². The van der Waals surface area contributed by atoms with Crippen LogP contribution in [0, 0.1) is 11.3 Å². The second-order valence-corrected chi connectivity index (χ2v) is 9.39. The van der Waals surface area contributed by atoms with E-state index in [1.165, 1.54) is 27.1 Å². The molecule has 0 N–H and O–H groups in total. The zero-order chi connectivity index (χ0) is 24.1. The van der Waals surface area contributed by atoms with Gasteiger partial charge in [-0.1, -0.05) is 109 Å². The van der Waals surface area contributed by atoms with Crippen molar-refractivity contribution in [3.63, 3.8) is 0 Å².